The van der Waals surface area contributed by atoms with E-state index in [9.17, 15) is 19.0 Å². The predicted octanol–water partition coefficient (Wildman–Crippen LogP) is 14.7. The molecule has 0 heterocycles. The van der Waals surface area contributed by atoms with Gasteiger partial charge in [-0.15, -0.1) is 0 Å². The predicted molar refractivity (Wildman–Crippen MR) is 272 cm³/mol. The van der Waals surface area contributed by atoms with Crippen LogP contribution in [0, 0.1) is 0 Å². The van der Waals surface area contributed by atoms with E-state index in [1.165, 1.54) is 44.9 Å². The van der Waals surface area contributed by atoms with Gasteiger partial charge in [0.25, 0.3) is 7.82 Å². The number of ether oxygens (including phenoxy) is 2. The van der Waals surface area contributed by atoms with Crippen molar-refractivity contribution < 1.29 is 42.1 Å². The van der Waals surface area contributed by atoms with Crippen LogP contribution in [0.4, 0.5) is 0 Å². The first-order valence-corrected chi connectivity index (χ1v) is 26.9. The Balaban J connectivity index is 4.21. The summed E-state index contributed by atoms with van der Waals surface area (Å²) in [6, 6.07) is 0. The number of unbranched alkanes of at least 4 members (excludes halogenated alkanes) is 15. The second-order valence-electron chi connectivity index (χ2n) is 17.8. The van der Waals surface area contributed by atoms with Gasteiger partial charge in [-0.2, -0.15) is 0 Å². The largest absolute Gasteiger partial charge is 0.756 e. The Morgan fingerprint density at radius 3 is 1.31 bits per heavy atom. The number of likely N-dealkylation sites (N-methyl/N-ethyl adjacent to an activating group) is 1. The molecule has 65 heavy (non-hydrogen) atoms. The van der Waals surface area contributed by atoms with Crippen molar-refractivity contribution in [2.45, 2.75) is 193 Å². The smallest absolute Gasteiger partial charge is 0.306 e. The molecule has 9 nitrogen and oxygen atoms in total. The summed E-state index contributed by atoms with van der Waals surface area (Å²) < 4.78 is 33.9. The average molecular weight is 928 g/mol. The molecule has 0 amide bonds. The van der Waals surface area contributed by atoms with Crippen LogP contribution in [0.3, 0.4) is 0 Å². The van der Waals surface area contributed by atoms with E-state index in [0.717, 1.165) is 109 Å². The van der Waals surface area contributed by atoms with Gasteiger partial charge in [0.2, 0.25) is 0 Å². The highest BCUT2D eigenvalue weighted by Crippen LogP contribution is 2.38. The third-order valence-electron chi connectivity index (χ3n) is 10.4. The van der Waals surface area contributed by atoms with E-state index in [1.807, 2.05) is 21.1 Å². The van der Waals surface area contributed by atoms with Crippen molar-refractivity contribution in [3.05, 3.63) is 97.2 Å². The minimum absolute atomic E-state index is 0.0380. The van der Waals surface area contributed by atoms with E-state index in [-0.39, 0.29) is 26.1 Å². The Morgan fingerprint density at radius 2 is 0.877 bits per heavy atom. The van der Waals surface area contributed by atoms with Crippen molar-refractivity contribution in [2.75, 3.05) is 47.5 Å². The molecular weight excluding hydrogens is 834 g/mol. The van der Waals surface area contributed by atoms with Gasteiger partial charge < -0.3 is 27.9 Å². The molecule has 0 aliphatic rings. The van der Waals surface area contributed by atoms with E-state index < -0.39 is 32.5 Å². The third kappa shape index (κ3) is 50.2. The molecule has 2 unspecified atom stereocenters. The summed E-state index contributed by atoms with van der Waals surface area (Å²) >= 11 is 0. The maximum Gasteiger partial charge on any atom is 0.306 e. The zero-order valence-electron chi connectivity index (χ0n) is 41.9. The molecule has 0 rings (SSSR count). The fourth-order valence-electron chi connectivity index (χ4n) is 6.43. The lowest BCUT2D eigenvalue weighted by atomic mass is 10.1. The van der Waals surface area contributed by atoms with Gasteiger partial charge in [0.1, 0.15) is 19.8 Å². The van der Waals surface area contributed by atoms with Crippen molar-refractivity contribution in [3.8, 4) is 0 Å². The van der Waals surface area contributed by atoms with Gasteiger partial charge in [0, 0.05) is 12.8 Å². The Morgan fingerprint density at radius 1 is 0.492 bits per heavy atom. The van der Waals surface area contributed by atoms with E-state index in [4.69, 9.17) is 18.5 Å². The summed E-state index contributed by atoms with van der Waals surface area (Å²) in [6.45, 7) is 4.07. The van der Waals surface area contributed by atoms with Crippen LogP contribution in [-0.4, -0.2) is 70.0 Å². The zero-order valence-corrected chi connectivity index (χ0v) is 42.8. The maximum atomic E-state index is 12.7. The van der Waals surface area contributed by atoms with Crippen LogP contribution in [-0.2, 0) is 32.7 Å². The monoisotopic (exact) mass is 928 g/mol. The molecule has 372 valence electrons. The van der Waals surface area contributed by atoms with Gasteiger partial charge >= 0.3 is 11.9 Å². The Hall–Kier alpha value is -3.07. The number of quaternary nitrogens is 1. The first kappa shape index (κ1) is 61.9. The van der Waals surface area contributed by atoms with Crippen LogP contribution in [0.5, 0.6) is 0 Å². The molecule has 0 aliphatic heterocycles. The van der Waals surface area contributed by atoms with Crippen molar-refractivity contribution in [2.24, 2.45) is 0 Å². The second-order valence-corrected chi connectivity index (χ2v) is 19.2. The van der Waals surface area contributed by atoms with Crippen molar-refractivity contribution in [1.29, 1.82) is 0 Å². The third-order valence-corrected chi connectivity index (χ3v) is 11.3. The lowest BCUT2D eigenvalue weighted by Crippen LogP contribution is -2.37. The van der Waals surface area contributed by atoms with Crippen LogP contribution in [0.25, 0.3) is 0 Å². The number of carbonyl (C=O) groups is 2. The molecule has 0 fully saturated rings. The first-order valence-electron chi connectivity index (χ1n) is 25.4. The quantitative estimate of drug-likeness (QED) is 0.0195. The number of carbonyl (C=O) groups excluding carboxylic acids is 2. The number of allylic oxidation sites excluding steroid dienone is 16. The topological polar surface area (TPSA) is 111 Å². The molecule has 0 aromatic heterocycles. The van der Waals surface area contributed by atoms with Crippen LogP contribution < -0.4 is 4.89 Å². The van der Waals surface area contributed by atoms with Crippen molar-refractivity contribution in [3.63, 3.8) is 0 Å². The molecule has 0 aliphatic carbocycles. The summed E-state index contributed by atoms with van der Waals surface area (Å²) in [5, 5.41) is 0. The summed E-state index contributed by atoms with van der Waals surface area (Å²) in [5.74, 6) is -0.859. The highest BCUT2D eigenvalue weighted by Gasteiger charge is 2.21. The van der Waals surface area contributed by atoms with Crippen LogP contribution in [0.1, 0.15) is 187 Å². The summed E-state index contributed by atoms with van der Waals surface area (Å²) in [6.07, 6.45) is 61.6. The second kappa shape index (κ2) is 46.1. The number of nitrogens with zero attached hydrogens (tertiary/aromatic N) is 1. The molecule has 0 bridgehead atoms. The fraction of sp³-hybridized carbons (Fsp3) is 0.673. The molecular formula is C55H94NO8P. The standard InChI is InChI=1S/C55H94NO8P/c1-6-8-10-12-14-16-18-19-20-21-22-23-24-25-26-27-28-29-30-31-32-33-34-35-36-37-38-40-42-44-46-48-55(58)64-53(52-63-65(59,60)62-50-49-56(3,4)5)51-61-54(57)47-45-43-41-39-17-15-13-11-9-7-2/h8,10,14,16,19-20,22-23,25-26,28-29,31-32,34-35,53H,6-7,9,11-13,15,17-18,21,24,27,30,33,36-52H2,1-5H3/b10-8-,16-14-,20-19-,23-22-,26-25-,29-28-,32-31-,35-34-. The van der Waals surface area contributed by atoms with Gasteiger partial charge in [-0.05, 0) is 77.0 Å². The van der Waals surface area contributed by atoms with E-state index >= 15 is 0 Å². The SMILES string of the molecule is CC/C=C\C/C=C\C/C=C\C/C=C\C/C=C\C/C=C\C/C=C\C/C=C\CCCCCCCCC(=O)OC(COC(=O)CCCCCCCCCCCC)COP(=O)([O-])OCC[N+](C)(C)C. The van der Waals surface area contributed by atoms with Gasteiger partial charge in [0.15, 0.2) is 6.10 Å². The van der Waals surface area contributed by atoms with Gasteiger partial charge in [0.05, 0.1) is 27.7 Å². The number of hydrogen-bond donors (Lipinski definition) is 0. The Bertz CT molecular complexity index is 1420. The van der Waals surface area contributed by atoms with Crippen molar-refractivity contribution in [1.82, 2.24) is 0 Å². The molecule has 0 saturated carbocycles. The molecule has 0 N–H and O–H groups in total. The highest BCUT2D eigenvalue weighted by atomic mass is 31.2. The molecule has 10 heteroatoms. The van der Waals surface area contributed by atoms with Gasteiger partial charge in [-0.1, -0.05) is 195 Å². The van der Waals surface area contributed by atoms with E-state index in [0.29, 0.717) is 17.4 Å². The minimum Gasteiger partial charge on any atom is -0.756 e. The summed E-state index contributed by atoms with van der Waals surface area (Å²) in [7, 11) is 1.14. The lowest BCUT2D eigenvalue weighted by Gasteiger charge is -2.28. The number of phosphoric ester groups is 1. The fourth-order valence-corrected chi connectivity index (χ4v) is 7.16. The normalized spacial score (nSPS) is 14.2. The van der Waals surface area contributed by atoms with E-state index in [1.54, 1.807) is 0 Å². The molecule has 0 aromatic rings. The van der Waals surface area contributed by atoms with E-state index in [2.05, 4.69) is 111 Å². The van der Waals surface area contributed by atoms with Crippen LogP contribution >= 0.6 is 7.82 Å². The minimum atomic E-state index is -4.63. The molecule has 0 saturated heterocycles. The number of hydrogen-bond acceptors (Lipinski definition) is 8. The maximum absolute atomic E-state index is 12.7. The van der Waals surface area contributed by atoms with Crippen LogP contribution in [0.2, 0.25) is 0 Å². The summed E-state index contributed by atoms with van der Waals surface area (Å²) in [4.78, 5) is 37.6. The first-order chi connectivity index (χ1) is 31.5. The van der Waals surface area contributed by atoms with Crippen molar-refractivity contribution >= 4 is 19.8 Å². The van der Waals surface area contributed by atoms with Gasteiger partial charge in [-0.3, -0.25) is 14.2 Å². The number of esters is 2. The van der Waals surface area contributed by atoms with Gasteiger partial charge in [-0.25, -0.2) is 0 Å². The zero-order chi connectivity index (χ0) is 47.8. The lowest BCUT2D eigenvalue weighted by molar-refractivity contribution is -0.870. The highest BCUT2D eigenvalue weighted by molar-refractivity contribution is 7.45. The Kier molecular flexibility index (Phi) is 43.9. The van der Waals surface area contributed by atoms with Crippen LogP contribution in [0.15, 0.2) is 97.2 Å². The molecule has 2 atom stereocenters. The number of rotatable bonds is 45. The summed E-state index contributed by atoms with van der Waals surface area (Å²) in [5.41, 5.74) is 0. The Labute approximate surface area is 398 Å². The number of phosphoric acid groups is 1. The molecule has 0 aromatic carbocycles. The molecule has 0 radical (unpaired) electrons. The average Bonchev–Trinajstić information content (AvgIpc) is 3.26. The molecule has 0 spiro atoms.